The zero-order chi connectivity index (χ0) is 9.40. The molecule has 0 spiro atoms. The third-order valence-electron chi connectivity index (χ3n) is 1.11. The van der Waals surface area contributed by atoms with E-state index in [2.05, 4.69) is 4.84 Å². The lowest BCUT2D eigenvalue weighted by molar-refractivity contribution is -0.842. The van der Waals surface area contributed by atoms with Crippen LogP contribution in [-0.4, -0.2) is 12.0 Å². The monoisotopic (exact) mass is 173 g/mol. The van der Waals surface area contributed by atoms with Crippen LogP contribution >= 0.6 is 0 Å². The molecule has 5 nitrogen and oxygen atoms in total. The Kier molecular flexibility index (Phi) is 5.86. The normalized spacial score (nSPS) is 12.3. The summed E-state index contributed by atoms with van der Waals surface area (Å²) in [5.74, 6) is 0. The lowest BCUT2D eigenvalue weighted by Crippen LogP contribution is -2.75. The van der Waals surface area contributed by atoms with Crippen LogP contribution in [0, 0.1) is 10.1 Å². The van der Waals surface area contributed by atoms with Gasteiger partial charge in [0.05, 0.1) is 18.1 Å². The molecule has 68 valence electrons. The lowest BCUT2D eigenvalue weighted by Gasteiger charge is -1.88. The van der Waals surface area contributed by atoms with Gasteiger partial charge in [0.2, 0.25) is 0 Å². The molecule has 0 saturated carbocycles. The molecule has 5 heteroatoms. The molecule has 0 atom stereocenters. The molecular weight excluding hydrogens is 160 g/mol. The van der Waals surface area contributed by atoms with Gasteiger partial charge in [-0.1, -0.05) is 6.92 Å². The minimum absolute atomic E-state index is 0.0887. The summed E-state index contributed by atoms with van der Waals surface area (Å²) in [6, 6.07) is 0. The third kappa shape index (κ3) is 4.59. The van der Waals surface area contributed by atoms with Gasteiger partial charge in [-0.05, 0) is 12.5 Å². The molecule has 12 heavy (non-hydrogen) atoms. The predicted octanol–water partition coefficient (Wildman–Crippen LogP) is 0.196. The summed E-state index contributed by atoms with van der Waals surface area (Å²) in [4.78, 5) is 14.5. The summed E-state index contributed by atoms with van der Waals surface area (Å²) < 4.78 is 0. The fraction of sp³-hybridized carbons (Fsp3) is 0.429. The van der Waals surface area contributed by atoms with Crippen LogP contribution in [0.25, 0.3) is 0 Å². The smallest absolute Gasteiger partial charge is 0.258 e. The van der Waals surface area contributed by atoms with Gasteiger partial charge in [0.1, 0.15) is 6.20 Å². The molecule has 0 aliphatic rings. The van der Waals surface area contributed by atoms with Crippen molar-refractivity contribution in [2.45, 2.75) is 13.3 Å². The van der Waals surface area contributed by atoms with E-state index in [1.54, 1.807) is 6.08 Å². The van der Waals surface area contributed by atoms with Crippen molar-refractivity contribution >= 4 is 0 Å². The molecule has 0 unspecified atom stereocenters. The Bertz CT molecular complexity index is 199. The zero-order valence-electron chi connectivity index (χ0n) is 7.19. The molecule has 0 aromatic carbocycles. The zero-order valence-corrected chi connectivity index (χ0v) is 7.19. The molecule has 0 rings (SSSR count). The Morgan fingerprint density at radius 2 is 2.42 bits per heavy atom. The van der Waals surface area contributed by atoms with Gasteiger partial charge in [-0.2, -0.15) is 5.48 Å². The van der Waals surface area contributed by atoms with Crippen LogP contribution in [0.2, 0.25) is 0 Å². The number of allylic oxidation sites excluding steroid dienone is 2. The Balaban J connectivity index is 4.14. The van der Waals surface area contributed by atoms with Crippen molar-refractivity contribution in [1.29, 1.82) is 0 Å². The maximum Gasteiger partial charge on any atom is 0.270 e. The molecule has 0 amide bonds. The van der Waals surface area contributed by atoms with Crippen LogP contribution in [0.5, 0.6) is 0 Å². The number of nitrogens with zero attached hydrogens (tertiary/aromatic N) is 1. The summed E-state index contributed by atoms with van der Waals surface area (Å²) in [6.07, 6.45) is 5.07. The van der Waals surface area contributed by atoms with E-state index in [0.29, 0.717) is 6.42 Å². The van der Waals surface area contributed by atoms with Crippen molar-refractivity contribution in [3.8, 4) is 0 Å². The summed E-state index contributed by atoms with van der Waals surface area (Å²) in [5.41, 5.74) is 1.47. The number of rotatable bonds is 5. The van der Waals surface area contributed by atoms with Crippen LogP contribution in [0.1, 0.15) is 13.3 Å². The van der Waals surface area contributed by atoms with Gasteiger partial charge in [0.15, 0.2) is 0 Å². The number of hydrogen-bond donors (Lipinski definition) is 1. The highest BCUT2D eigenvalue weighted by Gasteiger charge is 2.03. The van der Waals surface area contributed by atoms with E-state index in [-0.39, 0.29) is 5.70 Å². The van der Waals surface area contributed by atoms with Crippen LogP contribution < -0.4 is 5.48 Å². The highest BCUT2D eigenvalue weighted by molar-refractivity contribution is 5.07. The minimum Gasteiger partial charge on any atom is -0.258 e. The summed E-state index contributed by atoms with van der Waals surface area (Å²) in [7, 11) is 1.49. The van der Waals surface area contributed by atoms with E-state index in [9.17, 15) is 10.1 Å². The van der Waals surface area contributed by atoms with Crippen LogP contribution in [-0.2, 0) is 4.84 Å². The lowest BCUT2D eigenvalue weighted by atomic mass is 10.3. The molecule has 0 aliphatic heterocycles. The van der Waals surface area contributed by atoms with Gasteiger partial charge < -0.3 is 0 Å². The molecule has 0 saturated heterocycles. The summed E-state index contributed by atoms with van der Waals surface area (Å²) >= 11 is 0. The second-order valence-electron chi connectivity index (χ2n) is 2.03. The second-order valence-corrected chi connectivity index (χ2v) is 2.03. The predicted molar refractivity (Wildman–Crippen MR) is 43.4 cm³/mol. The highest BCUT2D eigenvalue weighted by atomic mass is 16.6. The van der Waals surface area contributed by atoms with Crippen molar-refractivity contribution in [3.05, 3.63) is 34.2 Å². The first-order valence-electron chi connectivity index (χ1n) is 3.59. The fourth-order valence-electron chi connectivity index (χ4n) is 0.629. The summed E-state index contributed by atoms with van der Waals surface area (Å²) in [5, 5.41) is 10.3. The Hall–Kier alpha value is -1.20. The molecule has 0 aromatic rings. The highest BCUT2D eigenvalue weighted by Crippen LogP contribution is 1.97. The maximum absolute atomic E-state index is 10.3. The van der Waals surface area contributed by atoms with E-state index in [4.69, 9.17) is 0 Å². The number of nitro groups is 1. The van der Waals surface area contributed by atoms with Crippen molar-refractivity contribution in [1.82, 2.24) is 0 Å². The van der Waals surface area contributed by atoms with Crippen molar-refractivity contribution < 1.29 is 15.2 Å². The van der Waals surface area contributed by atoms with Gasteiger partial charge in [-0.25, -0.2) is 4.84 Å². The van der Waals surface area contributed by atoms with Gasteiger partial charge in [-0.3, -0.25) is 10.1 Å². The first kappa shape index (κ1) is 10.8. The Morgan fingerprint density at radius 1 is 1.75 bits per heavy atom. The van der Waals surface area contributed by atoms with Crippen molar-refractivity contribution in [2.75, 3.05) is 7.11 Å². The van der Waals surface area contributed by atoms with E-state index < -0.39 is 4.92 Å². The van der Waals surface area contributed by atoms with Gasteiger partial charge >= 0.3 is 0 Å². The summed E-state index contributed by atoms with van der Waals surface area (Å²) in [6.45, 7) is 1.84. The van der Waals surface area contributed by atoms with E-state index in [0.717, 1.165) is 0 Å². The Morgan fingerprint density at radius 3 is 2.83 bits per heavy atom. The molecule has 0 aromatic heterocycles. The average molecular weight is 173 g/mol. The molecule has 0 bridgehead atoms. The maximum atomic E-state index is 10.3. The van der Waals surface area contributed by atoms with E-state index >= 15 is 0 Å². The van der Waals surface area contributed by atoms with Crippen LogP contribution in [0.15, 0.2) is 24.0 Å². The largest absolute Gasteiger partial charge is 0.270 e. The van der Waals surface area contributed by atoms with Gasteiger partial charge in [0, 0.05) is 0 Å². The molecule has 2 N–H and O–H groups in total. The number of quaternary nitrogens is 1. The quantitative estimate of drug-likeness (QED) is 0.366. The molecule has 0 aliphatic carbocycles. The van der Waals surface area contributed by atoms with Crippen molar-refractivity contribution in [2.24, 2.45) is 0 Å². The SMILES string of the molecule is CC/C=C(\C=C/[NH2+]OC)[N+](=O)[O-]. The van der Waals surface area contributed by atoms with Crippen LogP contribution in [0.4, 0.5) is 0 Å². The van der Waals surface area contributed by atoms with Gasteiger partial charge in [-0.15, -0.1) is 0 Å². The third-order valence-corrected chi connectivity index (χ3v) is 1.11. The Labute approximate surface area is 70.8 Å². The van der Waals surface area contributed by atoms with Gasteiger partial charge in [0.25, 0.3) is 5.70 Å². The van der Waals surface area contributed by atoms with Crippen molar-refractivity contribution in [3.63, 3.8) is 0 Å². The first-order chi connectivity index (χ1) is 5.72. The van der Waals surface area contributed by atoms with E-state index in [1.165, 1.54) is 24.9 Å². The molecular formula is C7H13N2O3+. The first-order valence-corrected chi connectivity index (χ1v) is 3.59. The van der Waals surface area contributed by atoms with E-state index in [1.807, 2.05) is 6.92 Å². The number of nitrogens with two attached hydrogens (primary N) is 1. The number of hydroxylamine groups is 1. The fourth-order valence-corrected chi connectivity index (χ4v) is 0.629. The van der Waals surface area contributed by atoms with Crippen LogP contribution in [0.3, 0.4) is 0 Å². The molecule has 0 heterocycles. The second kappa shape index (κ2) is 6.51. The minimum atomic E-state index is -0.427. The standard InChI is InChI=1S/C7H12N2O3/c1-3-4-7(9(10)11)5-6-8-12-2/h4-6,8H,3H2,1-2H3/p+1/b6-5-,7-4+. The number of hydrogen-bond acceptors (Lipinski definition) is 3. The molecule has 0 fully saturated rings. The topological polar surface area (TPSA) is 69.0 Å². The molecule has 0 radical (unpaired) electrons. The average Bonchev–Trinajstić information content (AvgIpc) is 2.03.